The number of aliphatic hydroxyl groups excluding tert-OH is 1. The van der Waals surface area contributed by atoms with Crippen LogP contribution in [0.15, 0.2) is 83.9 Å². The minimum Gasteiger partial charge on any atom is -0.494 e. The van der Waals surface area contributed by atoms with Gasteiger partial charge in [0, 0.05) is 25.0 Å². The zero-order valence-corrected chi connectivity index (χ0v) is 23.5. The lowest BCUT2D eigenvalue weighted by molar-refractivity contribution is -0.155. The molecular formula is C32H36N2O7. The molecule has 216 valence electrons. The molecule has 3 aromatic carbocycles. The number of hydroxylamine groups is 1. The Bertz CT molecular complexity index is 1350. The highest BCUT2D eigenvalue weighted by Crippen LogP contribution is 2.43. The van der Waals surface area contributed by atoms with E-state index in [0.717, 1.165) is 11.1 Å². The van der Waals surface area contributed by atoms with E-state index in [2.05, 4.69) is 0 Å². The molecular weight excluding hydrogens is 524 g/mol. The van der Waals surface area contributed by atoms with Crippen LogP contribution in [-0.2, 0) is 19.1 Å². The van der Waals surface area contributed by atoms with Crippen LogP contribution in [0.5, 0.6) is 5.75 Å². The molecule has 1 aliphatic heterocycles. The van der Waals surface area contributed by atoms with Crippen molar-refractivity contribution in [3.05, 3.63) is 90.0 Å². The van der Waals surface area contributed by atoms with Crippen LogP contribution in [0, 0.1) is 0 Å². The number of amides is 1. The first-order valence-corrected chi connectivity index (χ1v) is 13.6. The van der Waals surface area contributed by atoms with Crippen molar-refractivity contribution in [1.29, 1.82) is 0 Å². The zero-order chi connectivity index (χ0) is 29.5. The number of nitrogens with one attached hydrogen (secondary N) is 1. The van der Waals surface area contributed by atoms with Crippen LogP contribution < -0.4 is 10.2 Å². The SMILES string of the molecule is CC(C)(C)OC(=O)CC[C@]1(C(=O)NO)N=C(c2ccc(OCCCO)cc2)O[C@H]1c1ccc(-c2ccccc2)cc1. The van der Waals surface area contributed by atoms with Gasteiger partial charge in [-0.2, -0.15) is 0 Å². The van der Waals surface area contributed by atoms with Gasteiger partial charge in [-0.05, 0) is 68.1 Å². The van der Waals surface area contributed by atoms with Gasteiger partial charge in [0.1, 0.15) is 11.4 Å². The van der Waals surface area contributed by atoms with Crippen LogP contribution >= 0.6 is 0 Å². The Morgan fingerprint density at radius 2 is 1.59 bits per heavy atom. The molecule has 0 radical (unpaired) electrons. The zero-order valence-electron chi connectivity index (χ0n) is 23.5. The third kappa shape index (κ3) is 7.31. The predicted octanol–water partition coefficient (Wildman–Crippen LogP) is 5.00. The van der Waals surface area contributed by atoms with E-state index in [4.69, 9.17) is 24.3 Å². The number of nitrogens with zero attached hydrogens (tertiary/aromatic N) is 1. The molecule has 1 aliphatic rings. The Morgan fingerprint density at radius 1 is 0.951 bits per heavy atom. The largest absolute Gasteiger partial charge is 0.494 e. The van der Waals surface area contributed by atoms with Gasteiger partial charge in [0.05, 0.1) is 6.61 Å². The maximum atomic E-state index is 13.3. The number of aliphatic hydroxyl groups is 1. The molecule has 0 aliphatic carbocycles. The summed E-state index contributed by atoms with van der Waals surface area (Å²) in [4.78, 5) is 30.7. The average molecular weight is 561 g/mol. The maximum Gasteiger partial charge on any atom is 0.306 e. The lowest BCUT2D eigenvalue weighted by Crippen LogP contribution is -2.47. The first-order valence-electron chi connectivity index (χ1n) is 13.6. The van der Waals surface area contributed by atoms with Crippen molar-refractivity contribution in [3.8, 4) is 16.9 Å². The van der Waals surface area contributed by atoms with Gasteiger partial charge in [-0.15, -0.1) is 0 Å². The van der Waals surface area contributed by atoms with E-state index in [9.17, 15) is 14.8 Å². The summed E-state index contributed by atoms with van der Waals surface area (Å²) in [6.45, 7) is 5.71. The van der Waals surface area contributed by atoms with Gasteiger partial charge >= 0.3 is 5.97 Å². The standard InChI is InChI=1S/C32H36N2O7/c1-31(2,3)41-27(36)18-19-32(30(37)34-38)28(24-12-10-23(11-13-24)22-8-5-4-6-9-22)40-29(33-32)25-14-16-26(17-15-25)39-21-7-20-35/h4-6,8-17,28,35,38H,7,18-21H2,1-3H3,(H,34,37)/t28-,32-/m0/s1. The fraction of sp³-hybridized carbons (Fsp3) is 0.344. The molecule has 0 fully saturated rings. The second-order valence-corrected chi connectivity index (χ2v) is 10.8. The van der Waals surface area contributed by atoms with E-state index in [1.165, 1.54) is 0 Å². The first kappa shape index (κ1) is 29.8. The van der Waals surface area contributed by atoms with Crippen molar-refractivity contribution in [2.45, 2.75) is 57.3 Å². The third-order valence-electron chi connectivity index (χ3n) is 6.58. The van der Waals surface area contributed by atoms with E-state index in [0.29, 0.717) is 29.9 Å². The summed E-state index contributed by atoms with van der Waals surface area (Å²) in [6, 6.07) is 24.4. The number of esters is 1. The Morgan fingerprint density at radius 3 is 2.20 bits per heavy atom. The van der Waals surface area contributed by atoms with Crippen molar-refractivity contribution >= 4 is 17.8 Å². The highest BCUT2D eigenvalue weighted by atomic mass is 16.6. The number of aliphatic imine (C=N–C) groups is 1. The number of hydrogen-bond donors (Lipinski definition) is 3. The molecule has 4 rings (SSSR count). The van der Waals surface area contributed by atoms with Crippen molar-refractivity contribution in [3.63, 3.8) is 0 Å². The number of benzene rings is 3. The molecule has 9 heteroatoms. The Balaban J connectivity index is 1.69. The van der Waals surface area contributed by atoms with Crippen LogP contribution in [-0.4, -0.2) is 52.4 Å². The van der Waals surface area contributed by atoms with E-state index >= 15 is 0 Å². The number of hydrogen-bond acceptors (Lipinski definition) is 8. The van der Waals surface area contributed by atoms with Crippen molar-refractivity contribution in [1.82, 2.24) is 5.48 Å². The van der Waals surface area contributed by atoms with Gasteiger partial charge in [0.2, 0.25) is 5.90 Å². The maximum absolute atomic E-state index is 13.3. The molecule has 0 saturated carbocycles. The van der Waals surface area contributed by atoms with Gasteiger partial charge in [-0.25, -0.2) is 10.5 Å². The number of ether oxygens (including phenoxy) is 3. The summed E-state index contributed by atoms with van der Waals surface area (Å²) in [5.74, 6) is -0.485. The topological polar surface area (TPSA) is 127 Å². The van der Waals surface area contributed by atoms with Crippen molar-refractivity contribution in [2.24, 2.45) is 4.99 Å². The fourth-order valence-corrected chi connectivity index (χ4v) is 4.63. The Labute approximate surface area is 239 Å². The average Bonchev–Trinajstić information content (AvgIpc) is 3.37. The minimum absolute atomic E-state index is 0.0365. The van der Waals surface area contributed by atoms with Crippen LogP contribution in [0.25, 0.3) is 11.1 Å². The molecule has 0 aromatic heterocycles. The molecule has 41 heavy (non-hydrogen) atoms. The summed E-state index contributed by atoms with van der Waals surface area (Å²) in [7, 11) is 0. The predicted molar refractivity (Wildman–Crippen MR) is 154 cm³/mol. The second-order valence-electron chi connectivity index (χ2n) is 10.8. The monoisotopic (exact) mass is 560 g/mol. The van der Waals surface area contributed by atoms with Crippen LogP contribution in [0.3, 0.4) is 0 Å². The smallest absolute Gasteiger partial charge is 0.306 e. The van der Waals surface area contributed by atoms with Crippen molar-refractivity contribution < 1.29 is 34.1 Å². The van der Waals surface area contributed by atoms with Crippen LogP contribution in [0.1, 0.15) is 57.3 Å². The molecule has 1 heterocycles. The number of carbonyl (C=O) groups excluding carboxylic acids is 2. The molecule has 0 unspecified atom stereocenters. The normalized spacial score (nSPS) is 18.3. The summed E-state index contributed by atoms with van der Waals surface area (Å²) < 4.78 is 17.4. The van der Waals surface area contributed by atoms with Gasteiger partial charge in [0.25, 0.3) is 5.91 Å². The van der Waals surface area contributed by atoms with Gasteiger partial charge in [0.15, 0.2) is 11.6 Å². The fourth-order valence-electron chi connectivity index (χ4n) is 4.63. The Kier molecular flexibility index (Phi) is 9.42. The molecule has 3 aromatic rings. The summed E-state index contributed by atoms with van der Waals surface area (Å²) in [5, 5.41) is 18.8. The molecule has 0 spiro atoms. The summed E-state index contributed by atoms with van der Waals surface area (Å²) in [6.07, 6.45) is -0.608. The molecule has 3 N–H and O–H groups in total. The van der Waals surface area contributed by atoms with Gasteiger partial charge in [-0.3, -0.25) is 14.8 Å². The number of rotatable bonds is 11. The minimum atomic E-state index is -1.65. The van der Waals surface area contributed by atoms with E-state index in [-0.39, 0.29) is 25.3 Å². The lowest BCUT2D eigenvalue weighted by atomic mass is 9.83. The molecule has 0 saturated heterocycles. The highest BCUT2D eigenvalue weighted by Gasteiger charge is 2.53. The van der Waals surface area contributed by atoms with E-state index in [1.807, 2.05) is 54.6 Å². The third-order valence-corrected chi connectivity index (χ3v) is 6.58. The van der Waals surface area contributed by atoms with Crippen molar-refractivity contribution in [2.75, 3.05) is 13.2 Å². The number of carbonyl (C=O) groups is 2. The molecule has 0 bridgehead atoms. The molecule has 2 atom stereocenters. The second kappa shape index (κ2) is 13.0. The van der Waals surface area contributed by atoms with E-state index in [1.54, 1.807) is 50.5 Å². The molecule has 9 nitrogen and oxygen atoms in total. The summed E-state index contributed by atoms with van der Waals surface area (Å²) >= 11 is 0. The van der Waals surface area contributed by atoms with Gasteiger partial charge < -0.3 is 19.3 Å². The van der Waals surface area contributed by atoms with Gasteiger partial charge in [-0.1, -0.05) is 54.6 Å². The highest BCUT2D eigenvalue weighted by molar-refractivity contribution is 6.01. The van der Waals surface area contributed by atoms with Crippen LogP contribution in [0.2, 0.25) is 0 Å². The first-order chi connectivity index (χ1) is 19.6. The van der Waals surface area contributed by atoms with Crippen LogP contribution in [0.4, 0.5) is 0 Å². The lowest BCUT2D eigenvalue weighted by Gasteiger charge is -2.30. The quantitative estimate of drug-likeness (QED) is 0.130. The Hall–Kier alpha value is -4.21. The molecule has 1 amide bonds. The van der Waals surface area contributed by atoms with E-state index < -0.39 is 29.1 Å². The summed E-state index contributed by atoms with van der Waals surface area (Å²) in [5.41, 5.74) is 2.67.